The van der Waals surface area contributed by atoms with E-state index in [1.807, 2.05) is 66.2 Å². The van der Waals surface area contributed by atoms with Gasteiger partial charge >= 0.3 is 0 Å². The van der Waals surface area contributed by atoms with Gasteiger partial charge in [-0.25, -0.2) is 9.97 Å². The van der Waals surface area contributed by atoms with Crippen LogP contribution in [0.1, 0.15) is 5.56 Å². The quantitative estimate of drug-likeness (QED) is 0.510. The topological polar surface area (TPSA) is 77.5 Å². The summed E-state index contributed by atoms with van der Waals surface area (Å²) in [6.45, 7) is 1.98. The number of aryl methyl sites for hydroxylation is 1. The lowest BCUT2D eigenvalue weighted by molar-refractivity contribution is 0.415. The zero-order valence-electron chi connectivity index (χ0n) is 15.0. The SMILES string of the molecule is COc1ccc(-c2cnc3c(Nc4ccc(N)c(C)c4)nccn23)cc1.Cl. The lowest BCUT2D eigenvalue weighted by Crippen LogP contribution is -1.99. The van der Waals surface area contributed by atoms with Crippen molar-refractivity contribution in [1.29, 1.82) is 0 Å². The molecule has 2 heterocycles. The molecule has 0 aliphatic rings. The number of hydrogen-bond donors (Lipinski definition) is 2. The fourth-order valence-corrected chi connectivity index (χ4v) is 2.87. The second-order valence-electron chi connectivity index (χ2n) is 6.04. The highest BCUT2D eigenvalue weighted by Gasteiger charge is 2.11. The number of ether oxygens (including phenoxy) is 1. The number of benzene rings is 2. The van der Waals surface area contributed by atoms with E-state index in [0.717, 1.165) is 39.6 Å². The largest absolute Gasteiger partial charge is 0.497 e. The van der Waals surface area contributed by atoms with E-state index >= 15 is 0 Å². The van der Waals surface area contributed by atoms with Crippen molar-refractivity contribution >= 4 is 35.2 Å². The van der Waals surface area contributed by atoms with Crippen molar-refractivity contribution in [3.63, 3.8) is 0 Å². The maximum absolute atomic E-state index is 5.89. The van der Waals surface area contributed by atoms with Gasteiger partial charge in [-0.2, -0.15) is 0 Å². The van der Waals surface area contributed by atoms with Gasteiger partial charge in [0, 0.05) is 29.3 Å². The summed E-state index contributed by atoms with van der Waals surface area (Å²) in [7, 11) is 1.66. The Balaban J connectivity index is 0.00000210. The number of rotatable bonds is 4. The number of methoxy groups -OCH3 is 1. The Labute approximate surface area is 163 Å². The first-order chi connectivity index (χ1) is 12.7. The molecule has 0 radical (unpaired) electrons. The van der Waals surface area contributed by atoms with Crippen molar-refractivity contribution in [3.8, 4) is 17.0 Å². The van der Waals surface area contributed by atoms with Gasteiger partial charge in [-0.05, 0) is 55.0 Å². The van der Waals surface area contributed by atoms with Crippen molar-refractivity contribution in [3.05, 3.63) is 66.6 Å². The van der Waals surface area contributed by atoms with Crippen LogP contribution in [0, 0.1) is 6.92 Å². The summed E-state index contributed by atoms with van der Waals surface area (Å²) in [5, 5.41) is 3.33. The van der Waals surface area contributed by atoms with Crippen LogP contribution in [0.3, 0.4) is 0 Å². The molecule has 2 aromatic carbocycles. The Morgan fingerprint density at radius 2 is 1.85 bits per heavy atom. The average Bonchev–Trinajstić information content (AvgIpc) is 3.10. The number of nitrogens with one attached hydrogen (secondary N) is 1. The minimum atomic E-state index is 0. The summed E-state index contributed by atoms with van der Waals surface area (Å²) in [5.41, 5.74) is 11.4. The predicted molar refractivity (Wildman–Crippen MR) is 111 cm³/mol. The molecule has 27 heavy (non-hydrogen) atoms. The van der Waals surface area contributed by atoms with Crippen molar-refractivity contribution in [2.24, 2.45) is 0 Å². The highest BCUT2D eigenvalue weighted by Crippen LogP contribution is 2.27. The molecule has 0 fully saturated rings. The third kappa shape index (κ3) is 3.52. The first-order valence-corrected chi connectivity index (χ1v) is 8.25. The average molecular weight is 382 g/mol. The molecular weight excluding hydrogens is 362 g/mol. The number of halogens is 1. The second kappa shape index (κ2) is 7.55. The third-order valence-electron chi connectivity index (χ3n) is 4.35. The van der Waals surface area contributed by atoms with Crippen molar-refractivity contribution in [1.82, 2.24) is 14.4 Å². The number of anilines is 3. The van der Waals surface area contributed by atoms with Crippen LogP contribution < -0.4 is 15.8 Å². The van der Waals surface area contributed by atoms with Gasteiger partial charge in [0.2, 0.25) is 0 Å². The molecule has 4 rings (SSSR count). The highest BCUT2D eigenvalue weighted by atomic mass is 35.5. The summed E-state index contributed by atoms with van der Waals surface area (Å²) < 4.78 is 7.24. The van der Waals surface area contributed by atoms with Crippen molar-refractivity contribution in [2.75, 3.05) is 18.2 Å². The van der Waals surface area contributed by atoms with Crippen LogP contribution in [-0.4, -0.2) is 21.5 Å². The van der Waals surface area contributed by atoms with Crippen LogP contribution in [0.25, 0.3) is 16.9 Å². The summed E-state index contributed by atoms with van der Waals surface area (Å²) >= 11 is 0. The van der Waals surface area contributed by atoms with Gasteiger partial charge < -0.3 is 15.8 Å². The van der Waals surface area contributed by atoms with Crippen molar-refractivity contribution < 1.29 is 4.74 Å². The van der Waals surface area contributed by atoms with Crippen LogP contribution in [0.5, 0.6) is 5.75 Å². The van der Waals surface area contributed by atoms with E-state index in [4.69, 9.17) is 10.5 Å². The number of fused-ring (bicyclic) bond motifs is 1. The Hall–Kier alpha value is -3.25. The third-order valence-corrected chi connectivity index (χ3v) is 4.35. The monoisotopic (exact) mass is 381 g/mol. The molecule has 0 aliphatic carbocycles. The molecule has 0 atom stereocenters. The Morgan fingerprint density at radius 3 is 2.56 bits per heavy atom. The predicted octanol–water partition coefficient (Wildman–Crippen LogP) is 4.46. The summed E-state index contributed by atoms with van der Waals surface area (Å²) in [6, 6.07) is 13.7. The molecule has 0 bridgehead atoms. The minimum absolute atomic E-state index is 0. The molecule has 0 aliphatic heterocycles. The van der Waals surface area contributed by atoms with Crippen LogP contribution in [0.2, 0.25) is 0 Å². The number of nitrogen functional groups attached to an aromatic ring is 1. The summed E-state index contributed by atoms with van der Waals surface area (Å²) in [5.74, 6) is 1.52. The van der Waals surface area contributed by atoms with Gasteiger partial charge in [0.1, 0.15) is 5.75 Å². The molecule has 0 saturated carbocycles. The van der Waals surface area contributed by atoms with E-state index in [0.29, 0.717) is 5.82 Å². The van der Waals surface area contributed by atoms with E-state index in [1.165, 1.54) is 0 Å². The molecule has 7 heteroatoms. The molecule has 0 saturated heterocycles. The van der Waals surface area contributed by atoms with E-state index in [-0.39, 0.29) is 12.4 Å². The molecule has 0 amide bonds. The summed E-state index contributed by atoms with van der Waals surface area (Å²) in [4.78, 5) is 9.00. The Bertz CT molecular complexity index is 1080. The van der Waals surface area contributed by atoms with Gasteiger partial charge in [-0.3, -0.25) is 4.40 Å². The minimum Gasteiger partial charge on any atom is -0.497 e. The molecule has 0 spiro atoms. The number of nitrogens with two attached hydrogens (primary N) is 1. The van der Waals surface area contributed by atoms with E-state index < -0.39 is 0 Å². The van der Waals surface area contributed by atoms with Crippen LogP contribution in [0.4, 0.5) is 17.2 Å². The zero-order valence-corrected chi connectivity index (χ0v) is 15.8. The molecular formula is C20H20ClN5O. The lowest BCUT2D eigenvalue weighted by Gasteiger charge is -2.09. The molecule has 2 aromatic heterocycles. The molecule has 4 aromatic rings. The van der Waals surface area contributed by atoms with Gasteiger partial charge in [0.15, 0.2) is 11.5 Å². The van der Waals surface area contributed by atoms with Gasteiger partial charge in [-0.1, -0.05) is 0 Å². The van der Waals surface area contributed by atoms with E-state index in [9.17, 15) is 0 Å². The van der Waals surface area contributed by atoms with Gasteiger partial charge in [0.05, 0.1) is 19.0 Å². The first kappa shape index (κ1) is 18.5. The maximum Gasteiger partial charge on any atom is 0.180 e. The standard InChI is InChI=1S/C20H19N5O.ClH/c1-13-11-15(5-8-17(13)21)24-19-20-23-12-18(25(20)10-9-22-19)14-3-6-16(26-2)7-4-14;/h3-12H,21H2,1-2H3,(H,22,24);1H. The Morgan fingerprint density at radius 1 is 1.07 bits per heavy atom. The number of hydrogen-bond acceptors (Lipinski definition) is 5. The number of nitrogens with zero attached hydrogens (tertiary/aromatic N) is 3. The van der Waals surface area contributed by atoms with E-state index in [2.05, 4.69) is 15.3 Å². The van der Waals surface area contributed by atoms with E-state index in [1.54, 1.807) is 13.3 Å². The molecule has 3 N–H and O–H groups in total. The lowest BCUT2D eigenvalue weighted by atomic mass is 10.1. The zero-order chi connectivity index (χ0) is 18.1. The number of imidazole rings is 1. The highest BCUT2D eigenvalue weighted by molar-refractivity contribution is 5.85. The van der Waals surface area contributed by atoms with Crippen LogP contribution in [0.15, 0.2) is 61.1 Å². The fourth-order valence-electron chi connectivity index (χ4n) is 2.87. The molecule has 6 nitrogen and oxygen atoms in total. The van der Waals surface area contributed by atoms with Crippen LogP contribution >= 0.6 is 12.4 Å². The number of aromatic nitrogens is 3. The maximum atomic E-state index is 5.89. The van der Waals surface area contributed by atoms with Crippen LogP contribution in [-0.2, 0) is 0 Å². The molecule has 0 unspecified atom stereocenters. The second-order valence-corrected chi connectivity index (χ2v) is 6.04. The Kier molecular flexibility index (Phi) is 5.19. The van der Waals surface area contributed by atoms with Gasteiger partial charge in [0.25, 0.3) is 0 Å². The normalized spacial score (nSPS) is 10.4. The van der Waals surface area contributed by atoms with Gasteiger partial charge in [-0.15, -0.1) is 12.4 Å². The summed E-state index contributed by atoms with van der Waals surface area (Å²) in [6.07, 6.45) is 5.51. The molecule has 138 valence electrons. The fraction of sp³-hybridized carbons (Fsp3) is 0.100. The first-order valence-electron chi connectivity index (χ1n) is 8.25. The smallest absolute Gasteiger partial charge is 0.180 e. The van der Waals surface area contributed by atoms with Crippen molar-refractivity contribution in [2.45, 2.75) is 6.92 Å².